The van der Waals surface area contributed by atoms with Crippen LogP contribution in [0, 0.1) is 0 Å². The number of carbonyl (C=O) groups excluding carboxylic acids is 1. The number of amides is 1. The molecule has 2 heterocycles. The number of halogens is 3. The van der Waals surface area contributed by atoms with Crippen LogP contribution in [0.4, 0.5) is 18.0 Å². The fourth-order valence-corrected chi connectivity index (χ4v) is 4.46. The highest BCUT2D eigenvalue weighted by atomic mass is 19.4. The third-order valence-electron chi connectivity index (χ3n) is 6.21. The van der Waals surface area contributed by atoms with Crippen molar-refractivity contribution in [1.82, 2.24) is 9.47 Å². The molecule has 1 unspecified atom stereocenters. The summed E-state index contributed by atoms with van der Waals surface area (Å²) in [5.74, 6) is -0.636. The second-order valence-electron chi connectivity index (χ2n) is 10.2. The molecule has 4 rings (SSSR count). The van der Waals surface area contributed by atoms with Gasteiger partial charge in [-0.3, -0.25) is 4.79 Å². The first kappa shape index (κ1) is 26.3. The van der Waals surface area contributed by atoms with Crippen LogP contribution in [-0.2, 0) is 10.9 Å². The SMILES string of the molecule is CC(C)(C)OC(=O)N1CCCC(n2cc(-c3ccccc3)cc(-c3ccc(C(F)(F)F)cc3O)c2=O)C1. The molecule has 1 aliphatic rings. The topological polar surface area (TPSA) is 71.8 Å². The average Bonchev–Trinajstić information content (AvgIpc) is 2.83. The first-order valence-electron chi connectivity index (χ1n) is 12.0. The van der Waals surface area contributed by atoms with Crippen LogP contribution in [0.1, 0.15) is 45.2 Å². The summed E-state index contributed by atoms with van der Waals surface area (Å²) in [6.07, 6.45) is -2.13. The van der Waals surface area contributed by atoms with Gasteiger partial charge >= 0.3 is 12.3 Å². The van der Waals surface area contributed by atoms with E-state index in [0.717, 1.165) is 17.7 Å². The molecular formula is C28H29F3N2O4. The number of piperidine rings is 1. The van der Waals surface area contributed by atoms with Crippen LogP contribution in [0.3, 0.4) is 0 Å². The summed E-state index contributed by atoms with van der Waals surface area (Å²) in [6, 6.07) is 13.0. The third kappa shape index (κ3) is 5.98. The number of aromatic nitrogens is 1. The van der Waals surface area contributed by atoms with E-state index in [1.54, 1.807) is 37.9 Å². The molecule has 0 bridgehead atoms. The third-order valence-corrected chi connectivity index (χ3v) is 6.21. The molecule has 6 nitrogen and oxygen atoms in total. The first-order valence-corrected chi connectivity index (χ1v) is 12.0. The molecule has 1 aliphatic heterocycles. The average molecular weight is 515 g/mol. The fourth-order valence-electron chi connectivity index (χ4n) is 4.46. The highest BCUT2D eigenvalue weighted by molar-refractivity contribution is 5.75. The number of hydrogen-bond acceptors (Lipinski definition) is 4. The maximum Gasteiger partial charge on any atom is 0.416 e. The Morgan fingerprint density at radius 3 is 2.32 bits per heavy atom. The molecule has 196 valence electrons. The molecule has 1 N–H and O–H groups in total. The summed E-state index contributed by atoms with van der Waals surface area (Å²) in [7, 11) is 0. The number of hydrogen-bond donors (Lipinski definition) is 1. The number of nitrogens with zero attached hydrogens (tertiary/aromatic N) is 2. The molecule has 37 heavy (non-hydrogen) atoms. The summed E-state index contributed by atoms with van der Waals surface area (Å²) in [5, 5.41) is 10.5. The maximum atomic E-state index is 13.7. The van der Waals surface area contributed by atoms with Crippen LogP contribution in [0.5, 0.6) is 5.75 Å². The van der Waals surface area contributed by atoms with Crippen LogP contribution in [0.15, 0.2) is 65.6 Å². The van der Waals surface area contributed by atoms with E-state index in [2.05, 4.69) is 0 Å². The van der Waals surface area contributed by atoms with Crippen molar-refractivity contribution in [1.29, 1.82) is 0 Å². The molecule has 0 radical (unpaired) electrons. The van der Waals surface area contributed by atoms with Crippen LogP contribution in [-0.4, -0.2) is 39.4 Å². The highest BCUT2D eigenvalue weighted by Gasteiger charge is 2.32. The van der Waals surface area contributed by atoms with Gasteiger partial charge in [0.15, 0.2) is 0 Å². The molecule has 1 amide bonds. The van der Waals surface area contributed by atoms with Crippen molar-refractivity contribution >= 4 is 6.09 Å². The van der Waals surface area contributed by atoms with Gasteiger partial charge in [-0.05, 0) is 69.0 Å². The molecule has 1 fully saturated rings. The lowest BCUT2D eigenvalue weighted by Gasteiger charge is -2.35. The first-order chi connectivity index (χ1) is 17.3. The number of benzene rings is 2. The Labute approximate surface area is 212 Å². The smallest absolute Gasteiger partial charge is 0.416 e. The Bertz CT molecular complexity index is 1340. The van der Waals surface area contributed by atoms with E-state index in [1.165, 1.54) is 4.57 Å². The molecular weight excluding hydrogens is 485 g/mol. The molecule has 2 aromatic carbocycles. The van der Waals surface area contributed by atoms with E-state index in [4.69, 9.17) is 4.74 Å². The molecule has 0 aliphatic carbocycles. The Hall–Kier alpha value is -3.75. The zero-order valence-electron chi connectivity index (χ0n) is 20.9. The van der Waals surface area contributed by atoms with Gasteiger partial charge in [-0.25, -0.2) is 4.79 Å². The van der Waals surface area contributed by atoms with Crippen molar-refractivity contribution < 1.29 is 27.8 Å². The van der Waals surface area contributed by atoms with Crippen molar-refractivity contribution in [3.63, 3.8) is 0 Å². The van der Waals surface area contributed by atoms with Gasteiger partial charge < -0.3 is 19.3 Å². The number of phenolic OH excluding ortho intramolecular Hbond substituents is 1. The predicted octanol–water partition coefficient (Wildman–Crippen LogP) is 6.48. The van der Waals surface area contributed by atoms with E-state index < -0.39 is 34.7 Å². The molecule has 0 spiro atoms. The van der Waals surface area contributed by atoms with Gasteiger partial charge in [0.25, 0.3) is 5.56 Å². The van der Waals surface area contributed by atoms with Gasteiger partial charge in [0, 0.05) is 24.8 Å². The quantitative estimate of drug-likeness (QED) is 0.434. The Kier molecular flexibility index (Phi) is 7.08. The van der Waals surface area contributed by atoms with Crippen molar-refractivity contribution in [2.45, 2.75) is 51.4 Å². The molecule has 0 saturated carbocycles. The second-order valence-corrected chi connectivity index (χ2v) is 10.2. The number of carbonyl (C=O) groups is 1. The summed E-state index contributed by atoms with van der Waals surface area (Å²) in [5.41, 5.74) is -0.611. The van der Waals surface area contributed by atoms with Gasteiger partial charge in [-0.1, -0.05) is 30.3 Å². The summed E-state index contributed by atoms with van der Waals surface area (Å²) < 4.78 is 46.5. The zero-order chi connectivity index (χ0) is 27.0. The molecule has 9 heteroatoms. The standard InChI is InChI=1S/C28H29F3N2O4/c1-27(2,3)37-26(36)32-13-7-10-21(17-32)33-16-19(18-8-5-4-6-9-18)14-23(25(33)35)22-12-11-20(15-24(22)34)28(29,30)31/h4-6,8-9,11-12,14-16,21,34H,7,10,13,17H2,1-3H3. The monoisotopic (exact) mass is 514 g/mol. The number of likely N-dealkylation sites (tertiary alicyclic amines) is 1. The lowest BCUT2D eigenvalue weighted by atomic mass is 9.98. The van der Waals surface area contributed by atoms with Gasteiger partial charge in [-0.2, -0.15) is 13.2 Å². The van der Waals surface area contributed by atoms with Crippen LogP contribution >= 0.6 is 0 Å². The molecule has 1 atom stereocenters. The Balaban J connectivity index is 1.80. The number of rotatable bonds is 3. The van der Waals surface area contributed by atoms with E-state index in [1.807, 2.05) is 30.3 Å². The normalized spacial score (nSPS) is 16.5. The van der Waals surface area contributed by atoms with Crippen molar-refractivity contribution in [2.24, 2.45) is 0 Å². The van der Waals surface area contributed by atoms with E-state index >= 15 is 0 Å². The van der Waals surface area contributed by atoms with Crippen LogP contribution < -0.4 is 5.56 Å². The maximum absolute atomic E-state index is 13.7. The van der Waals surface area contributed by atoms with Gasteiger partial charge in [0.1, 0.15) is 11.4 Å². The van der Waals surface area contributed by atoms with Crippen LogP contribution in [0.2, 0.25) is 0 Å². The lowest BCUT2D eigenvalue weighted by molar-refractivity contribution is -0.137. The van der Waals surface area contributed by atoms with E-state index in [9.17, 15) is 27.9 Å². The fraction of sp³-hybridized carbons (Fsp3) is 0.357. The van der Waals surface area contributed by atoms with Crippen LogP contribution in [0.25, 0.3) is 22.3 Å². The van der Waals surface area contributed by atoms with Gasteiger partial charge in [0.05, 0.1) is 17.2 Å². The van der Waals surface area contributed by atoms with Crippen molar-refractivity contribution in [3.05, 3.63) is 76.7 Å². The number of ether oxygens (including phenoxy) is 1. The highest BCUT2D eigenvalue weighted by Crippen LogP contribution is 2.37. The largest absolute Gasteiger partial charge is 0.507 e. The molecule has 3 aromatic rings. The zero-order valence-corrected chi connectivity index (χ0v) is 20.9. The van der Waals surface area contributed by atoms with E-state index in [0.29, 0.717) is 31.0 Å². The molecule has 1 saturated heterocycles. The van der Waals surface area contributed by atoms with Gasteiger partial charge in [-0.15, -0.1) is 0 Å². The number of phenols is 1. The molecule has 1 aromatic heterocycles. The summed E-state index contributed by atoms with van der Waals surface area (Å²) in [4.78, 5) is 28.0. The number of alkyl halides is 3. The Morgan fingerprint density at radius 2 is 1.70 bits per heavy atom. The van der Waals surface area contributed by atoms with E-state index in [-0.39, 0.29) is 23.7 Å². The minimum atomic E-state index is -4.63. The van der Waals surface area contributed by atoms with Gasteiger partial charge in [0.2, 0.25) is 0 Å². The Morgan fingerprint density at radius 1 is 1.00 bits per heavy atom. The summed E-state index contributed by atoms with van der Waals surface area (Å²) in [6.45, 7) is 6.07. The number of aromatic hydroxyl groups is 1. The minimum absolute atomic E-state index is 0.00402. The summed E-state index contributed by atoms with van der Waals surface area (Å²) >= 11 is 0. The number of pyridine rings is 1. The minimum Gasteiger partial charge on any atom is -0.507 e. The lowest BCUT2D eigenvalue weighted by Crippen LogP contribution is -2.45. The van der Waals surface area contributed by atoms with Crippen molar-refractivity contribution in [3.8, 4) is 28.0 Å². The predicted molar refractivity (Wildman–Crippen MR) is 134 cm³/mol. The second kappa shape index (κ2) is 9.95. The van der Waals surface area contributed by atoms with Crippen molar-refractivity contribution in [2.75, 3.05) is 13.1 Å².